The Hall–Kier alpha value is -2.30. The first-order chi connectivity index (χ1) is 9.24. The first-order valence-electron chi connectivity index (χ1n) is 6.51. The second kappa shape index (κ2) is 3.60. The van der Waals surface area contributed by atoms with Crippen LogP contribution in [-0.4, -0.2) is 19.3 Å². The summed E-state index contributed by atoms with van der Waals surface area (Å²) < 4.78 is 4.01. The number of aromatic nitrogens is 4. The lowest BCUT2D eigenvalue weighted by atomic mass is 10.1. The van der Waals surface area contributed by atoms with Gasteiger partial charge >= 0.3 is 0 Å². The number of anilines is 1. The Morgan fingerprint density at radius 1 is 1.32 bits per heavy atom. The van der Waals surface area contributed by atoms with Gasteiger partial charge in [0.25, 0.3) is 0 Å². The first kappa shape index (κ1) is 10.6. The molecule has 1 aliphatic rings. The first-order valence-corrected chi connectivity index (χ1v) is 6.51. The quantitative estimate of drug-likeness (QED) is 0.721. The maximum absolute atomic E-state index is 6.04. The highest BCUT2D eigenvalue weighted by atomic mass is 15.3. The lowest BCUT2D eigenvalue weighted by Crippen LogP contribution is -1.98. The van der Waals surface area contributed by atoms with Gasteiger partial charge in [-0.2, -0.15) is 5.10 Å². The minimum absolute atomic E-state index is 0.695. The third-order valence-electron chi connectivity index (χ3n) is 3.91. The van der Waals surface area contributed by atoms with Gasteiger partial charge in [0.15, 0.2) is 0 Å². The van der Waals surface area contributed by atoms with E-state index in [0.717, 1.165) is 29.6 Å². The molecule has 4 rings (SSSR count). The summed E-state index contributed by atoms with van der Waals surface area (Å²) in [4.78, 5) is 4.67. The zero-order valence-electron chi connectivity index (χ0n) is 10.8. The van der Waals surface area contributed by atoms with Crippen LogP contribution in [0.25, 0.3) is 22.2 Å². The predicted octanol–water partition coefficient (Wildman–Crippen LogP) is 1.97. The van der Waals surface area contributed by atoms with Crippen LogP contribution in [0.1, 0.15) is 12.2 Å². The number of hydrogen-bond donors (Lipinski definition) is 1. The molecule has 0 saturated carbocycles. The summed E-state index contributed by atoms with van der Waals surface area (Å²) >= 11 is 0. The minimum atomic E-state index is 0.695. The molecule has 0 radical (unpaired) electrons. The van der Waals surface area contributed by atoms with Crippen molar-refractivity contribution in [3.05, 3.63) is 30.2 Å². The van der Waals surface area contributed by atoms with Crippen molar-refractivity contribution in [1.29, 1.82) is 0 Å². The van der Waals surface area contributed by atoms with Gasteiger partial charge in [-0.3, -0.25) is 4.68 Å². The summed E-state index contributed by atoms with van der Waals surface area (Å²) in [5.74, 6) is 1.90. The second-order valence-electron chi connectivity index (χ2n) is 5.05. The lowest BCUT2D eigenvalue weighted by molar-refractivity contribution is 0.771. The Labute approximate surface area is 110 Å². The number of fused-ring (bicyclic) bond motifs is 3. The average molecular weight is 253 g/mol. The number of rotatable bonds is 1. The van der Waals surface area contributed by atoms with Gasteiger partial charge in [0, 0.05) is 25.6 Å². The van der Waals surface area contributed by atoms with E-state index in [0.29, 0.717) is 5.82 Å². The van der Waals surface area contributed by atoms with Gasteiger partial charge in [-0.25, -0.2) is 4.98 Å². The van der Waals surface area contributed by atoms with Crippen molar-refractivity contribution in [3.63, 3.8) is 0 Å². The summed E-state index contributed by atoms with van der Waals surface area (Å²) in [7, 11) is 1.86. The van der Waals surface area contributed by atoms with Crippen molar-refractivity contribution in [3.8, 4) is 11.1 Å². The molecule has 0 fully saturated rings. The highest BCUT2D eigenvalue weighted by molar-refractivity contribution is 5.85. The molecule has 1 aromatic carbocycles. The molecule has 1 aliphatic heterocycles. The largest absolute Gasteiger partial charge is 0.383 e. The van der Waals surface area contributed by atoms with E-state index in [-0.39, 0.29) is 0 Å². The summed E-state index contributed by atoms with van der Waals surface area (Å²) in [6, 6.07) is 6.31. The van der Waals surface area contributed by atoms with Gasteiger partial charge in [0.05, 0.1) is 17.2 Å². The van der Waals surface area contributed by atoms with E-state index in [4.69, 9.17) is 5.73 Å². The smallest absolute Gasteiger partial charge is 0.129 e. The molecular formula is C14H15N5. The molecule has 0 aliphatic carbocycles. The molecule has 0 unspecified atom stereocenters. The van der Waals surface area contributed by atoms with Crippen LogP contribution in [0.2, 0.25) is 0 Å². The molecule has 0 amide bonds. The Kier molecular flexibility index (Phi) is 2.01. The van der Waals surface area contributed by atoms with Crippen molar-refractivity contribution in [2.45, 2.75) is 19.4 Å². The van der Waals surface area contributed by atoms with Crippen molar-refractivity contribution in [1.82, 2.24) is 19.3 Å². The van der Waals surface area contributed by atoms with Crippen LogP contribution in [0.3, 0.4) is 0 Å². The number of benzene rings is 1. The van der Waals surface area contributed by atoms with Crippen LogP contribution >= 0.6 is 0 Å². The second-order valence-corrected chi connectivity index (χ2v) is 5.05. The standard InChI is InChI=1S/C14H15N5/c1-18-14(15)10(8-16-18)9-4-5-11-12(7-9)19-6-2-3-13(19)17-11/h4-5,7-8H,2-3,6,15H2,1H3. The molecule has 5 nitrogen and oxygen atoms in total. The summed E-state index contributed by atoms with van der Waals surface area (Å²) in [5, 5.41) is 4.20. The number of nitrogens with two attached hydrogens (primary N) is 1. The van der Waals surface area contributed by atoms with E-state index in [1.165, 1.54) is 17.8 Å². The van der Waals surface area contributed by atoms with Crippen molar-refractivity contribution in [2.75, 3.05) is 5.73 Å². The molecule has 3 heterocycles. The van der Waals surface area contributed by atoms with Gasteiger partial charge in [-0.05, 0) is 24.1 Å². The third-order valence-corrected chi connectivity index (χ3v) is 3.91. The maximum Gasteiger partial charge on any atom is 0.129 e. The van der Waals surface area contributed by atoms with Gasteiger partial charge in [0.2, 0.25) is 0 Å². The van der Waals surface area contributed by atoms with Gasteiger partial charge < -0.3 is 10.3 Å². The maximum atomic E-state index is 6.04. The van der Waals surface area contributed by atoms with E-state index in [9.17, 15) is 0 Å². The van der Waals surface area contributed by atoms with Crippen molar-refractivity contribution < 1.29 is 0 Å². The van der Waals surface area contributed by atoms with E-state index >= 15 is 0 Å². The van der Waals surface area contributed by atoms with E-state index in [1.54, 1.807) is 4.68 Å². The number of nitrogens with zero attached hydrogens (tertiary/aromatic N) is 4. The van der Waals surface area contributed by atoms with Crippen molar-refractivity contribution >= 4 is 16.9 Å². The van der Waals surface area contributed by atoms with Gasteiger partial charge in [-0.15, -0.1) is 0 Å². The molecule has 0 spiro atoms. The molecule has 19 heavy (non-hydrogen) atoms. The zero-order valence-corrected chi connectivity index (χ0v) is 10.8. The fourth-order valence-electron chi connectivity index (χ4n) is 2.85. The highest BCUT2D eigenvalue weighted by Gasteiger charge is 2.17. The fourth-order valence-corrected chi connectivity index (χ4v) is 2.85. The summed E-state index contributed by atoms with van der Waals surface area (Å²) in [5.41, 5.74) is 10.4. The highest BCUT2D eigenvalue weighted by Crippen LogP contribution is 2.30. The number of nitrogen functional groups attached to an aromatic ring is 1. The molecular weight excluding hydrogens is 238 g/mol. The van der Waals surface area contributed by atoms with Crippen LogP contribution in [0.4, 0.5) is 5.82 Å². The SMILES string of the molecule is Cn1ncc(-c2ccc3nc4n(c3c2)CCC4)c1N. The zero-order chi connectivity index (χ0) is 13.0. The third kappa shape index (κ3) is 1.41. The Bertz CT molecular complexity index is 781. The number of aryl methyl sites for hydroxylation is 3. The fraction of sp³-hybridized carbons (Fsp3) is 0.286. The Morgan fingerprint density at radius 2 is 2.21 bits per heavy atom. The number of hydrogen-bond acceptors (Lipinski definition) is 3. The Morgan fingerprint density at radius 3 is 3.00 bits per heavy atom. The van der Waals surface area contributed by atoms with Crippen LogP contribution < -0.4 is 5.73 Å². The monoisotopic (exact) mass is 253 g/mol. The molecule has 5 heteroatoms. The summed E-state index contributed by atoms with van der Waals surface area (Å²) in [6.45, 7) is 1.07. The topological polar surface area (TPSA) is 61.7 Å². The minimum Gasteiger partial charge on any atom is -0.383 e. The lowest BCUT2D eigenvalue weighted by Gasteiger charge is -2.03. The van der Waals surface area contributed by atoms with Gasteiger partial charge in [0.1, 0.15) is 11.6 Å². The number of imidazole rings is 1. The Balaban J connectivity index is 1.94. The van der Waals surface area contributed by atoms with Crippen LogP contribution in [-0.2, 0) is 20.0 Å². The average Bonchev–Trinajstić information content (AvgIpc) is 3.06. The van der Waals surface area contributed by atoms with Crippen LogP contribution in [0.15, 0.2) is 24.4 Å². The molecule has 2 N–H and O–H groups in total. The molecule has 0 saturated heterocycles. The predicted molar refractivity (Wildman–Crippen MR) is 74.7 cm³/mol. The van der Waals surface area contributed by atoms with Crippen LogP contribution in [0, 0.1) is 0 Å². The molecule has 3 aromatic rings. The van der Waals surface area contributed by atoms with Crippen LogP contribution in [0.5, 0.6) is 0 Å². The molecule has 0 atom stereocenters. The normalized spacial score (nSPS) is 14.2. The molecule has 0 bridgehead atoms. The molecule has 2 aromatic heterocycles. The van der Waals surface area contributed by atoms with Crippen molar-refractivity contribution in [2.24, 2.45) is 7.05 Å². The van der Waals surface area contributed by atoms with E-state index in [1.807, 2.05) is 13.2 Å². The summed E-state index contributed by atoms with van der Waals surface area (Å²) in [6.07, 6.45) is 4.09. The molecule has 96 valence electrons. The van der Waals surface area contributed by atoms with E-state index in [2.05, 4.69) is 32.8 Å². The van der Waals surface area contributed by atoms with Gasteiger partial charge in [-0.1, -0.05) is 6.07 Å². The van der Waals surface area contributed by atoms with E-state index < -0.39 is 0 Å².